The summed E-state index contributed by atoms with van der Waals surface area (Å²) in [4.78, 5) is 38.2. The first kappa shape index (κ1) is 22.8. The second-order valence-corrected chi connectivity index (χ2v) is 8.96. The summed E-state index contributed by atoms with van der Waals surface area (Å²) in [5.74, 6) is -1.35. The van der Waals surface area contributed by atoms with Crippen LogP contribution in [0, 0.1) is 0 Å². The Kier molecular flexibility index (Phi) is 6.40. The summed E-state index contributed by atoms with van der Waals surface area (Å²) in [5, 5.41) is 12.2. The van der Waals surface area contributed by atoms with Gasteiger partial charge in [0.05, 0.1) is 12.0 Å². The predicted octanol–water partition coefficient (Wildman–Crippen LogP) is 4.16. The third-order valence-electron chi connectivity index (χ3n) is 7.00. The SMILES string of the molecule is CCN(C(=O)CC1(NC(=O)OCC2c3ccccc3-c3ccccc32)CCC1)C(C)C(=O)O. The van der Waals surface area contributed by atoms with Crippen LogP contribution in [0.25, 0.3) is 11.1 Å². The van der Waals surface area contributed by atoms with Gasteiger partial charge in [-0.3, -0.25) is 4.79 Å². The van der Waals surface area contributed by atoms with E-state index in [1.165, 1.54) is 11.8 Å². The molecule has 0 saturated heterocycles. The van der Waals surface area contributed by atoms with E-state index in [1.807, 2.05) is 24.3 Å². The van der Waals surface area contributed by atoms with Crippen LogP contribution in [0.5, 0.6) is 0 Å². The molecule has 0 heterocycles. The molecule has 2 aromatic carbocycles. The molecule has 7 nitrogen and oxygen atoms in total. The summed E-state index contributed by atoms with van der Waals surface area (Å²) < 4.78 is 5.66. The molecule has 2 aliphatic rings. The highest BCUT2D eigenvalue weighted by molar-refractivity contribution is 5.85. The second kappa shape index (κ2) is 9.25. The van der Waals surface area contributed by atoms with E-state index >= 15 is 0 Å². The van der Waals surface area contributed by atoms with Crippen molar-refractivity contribution in [2.24, 2.45) is 0 Å². The fraction of sp³-hybridized carbons (Fsp3) is 0.423. The van der Waals surface area contributed by atoms with E-state index in [1.54, 1.807) is 6.92 Å². The number of carboxylic acid groups (broad SMARTS) is 1. The molecule has 0 radical (unpaired) electrons. The van der Waals surface area contributed by atoms with E-state index in [4.69, 9.17) is 4.74 Å². The normalized spacial score (nSPS) is 16.7. The molecule has 0 aliphatic heterocycles. The van der Waals surface area contributed by atoms with Gasteiger partial charge >= 0.3 is 12.1 Å². The second-order valence-electron chi connectivity index (χ2n) is 8.96. The van der Waals surface area contributed by atoms with Crippen molar-refractivity contribution in [3.63, 3.8) is 0 Å². The third kappa shape index (κ3) is 4.45. The van der Waals surface area contributed by atoms with Crippen LogP contribution in [0.1, 0.15) is 56.6 Å². The lowest BCUT2D eigenvalue weighted by molar-refractivity contribution is -0.150. The molecular weight excluding hydrogens is 420 g/mol. The largest absolute Gasteiger partial charge is 0.480 e. The van der Waals surface area contributed by atoms with Gasteiger partial charge in [-0.1, -0.05) is 48.5 Å². The number of carboxylic acids is 1. The number of rotatable bonds is 8. The lowest BCUT2D eigenvalue weighted by Gasteiger charge is -2.43. The minimum absolute atomic E-state index is 0.0332. The van der Waals surface area contributed by atoms with Crippen LogP contribution in [-0.4, -0.2) is 52.7 Å². The molecule has 1 atom stereocenters. The minimum Gasteiger partial charge on any atom is -0.480 e. The molecule has 2 N–H and O–H groups in total. The fourth-order valence-electron chi connectivity index (χ4n) is 4.99. The molecule has 2 amide bonds. The first-order valence-corrected chi connectivity index (χ1v) is 11.5. The van der Waals surface area contributed by atoms with Gasteiger partial charge in [-0.25, -0.2) is 9.59 Å². The van der Waals surface area contributed by atoms with Crippen molar-refractivity contribution in [3.05, 3.63) is 59.7 Å². The molecule has 1 unspecified atom stereocenters. The number of nitrogens with one attached hydrogen (secondary N) is 1. The van der Waals surface area contributed by atoms with Crippen LogP contribution >= 0.6 is 0 Å². The highest BCUT2D eigenvalue weighted by Crippen LogP contribution is 2.44. The number of aliphatic carboxylic acids is 1. The predicted molar refractivity (Wildman–Crippen MR) is 124 cm³/mol. The number of alkyl carbamates (subject to hydrolysis) is 1. The number of benzene rings is 2. The summed E-state index contributed by atoms with van der Waals surface area (Å²) in [6, 6.07) is 15.4. The lowest BCUT2D eigenvalue weighted by Crippen LogP contribution is -2.57. The van der Waals surface area contributed by atoms with Crippen molar-refractivity contribution < 1.29 is 24.2 Å². The molecule has 0 aromatic heterocycles. The van der Waals surface area contributed by atoms with Crippen molar-refractivity contribution in [2.75, 3.05) is 13.2 Å². The number of nitrogens with zero attached hydrogens (tertiary/aromatic N) is 1. The highest BCUT2D eigenvalue weighted by atomic mass is 16.5. The molecule has 4 rings (SSSR count). The zero-order valence-electron chi connectivity index (χ0n) is 19.0. The maximum absolute atomic E-state index is 12.8. The number of ether oxygens (including phenoxy) is 1. The Labute approximate surface area is 193 Å². The molecular formula is C26H30N2O5. The number of amides is 2. The van der Waals surface area contributed by atoms with Crippen LogP contribution in [0.3, 0.4) is 0 Å². The van der Waals surface area contributed by atoms with Gasteiger partial charge in [-0.15, -0.1) is 0 Å². The Hall–Kier alpha value is -3.35. The van der Waals surface area contributed by atoms with Crippen LogP contribution in [0.2, 0.25) is 0 Å². The summed E-state index contributed by atoms with van der Waals surface area (Å²) in [5.41, 5.74) is 3.93. The molecule has 2 aromatic rings. The minimum atomic E-state index is -1.04. The summed E-state index contributed by atoms with van der Waals surface area (Å²) in [6.07, 6.45) is 1.77. The molecule has 1 fully saturated rings. The average Bonchev–Trinajstić information content (AvgIpc) is 3.10. The van der Waals surface area contributed by atoms with E-state index in [0.29, 0.717) is 19.4 Å². The van der Waals surface area contributed by atoms with E-state index in [-0.39, 0.29) is 24.9 Å². The highest BCUT2D eigenvalue weighted by Gasteiger charge is 2.42. The molecule has 2 aliphatic carbocycles. The van der Waals surface area contributed by atoms with Crippen molar-refractivity contribution in [3.8, 4) is 11.1 Å². The van der Waals surface area contributed by atoms with Crippen molar-refractivity contribution in [1.82, 2.24) is 10.2 Å². The maximum Gasteiger partial charge on any atom is 0.407 e. The zero-order chi connectivity index (χ0) is 23.6. The van der Waals surface area contributed by atoms with Gasteiger partial charge in [-0.2, -0.15) is 0 Å². The quantitative estimate of drug-likeness (QED) is 0.630. The van der Waals surface area contributed by atoms with Gasteiger partial charge in [0, 0.05) is 12.5 Å². The topological polar surface area (TPSA) is 95.9 Å². The van der Waals surface area contributed by atoms with Gasteiger partial charge in [0.1, 0.15) is 12.6 Å². The van der Waals surface area contributed by atoms with Gasteiger partial charge in [0.25, 0.3) is 0 Å². The maximum atomic E-state index is 12.8. The van der Waals surface area contributed by atoms with Crippen LogP contribution in [-0.2, 0) is 14.3 Å². The molecule has 0 bridgehead atoms. The molecule has 1 saturated carbocycles. The van der Waals surface area contributed by atoms with Gasteiger partial charge < -0.3 is 20.1 Å². The van der Waals surface area contributed by atoms with Crippen molar-refractivity contribution in [2.45, 2.75) is 57.0 Å². The van der Waals surface area contributed by atoms with E-state index in [9.17, 15) is 19.5 Å². The standard InChI is InChI=1S/C26H30N2O5/c1-3-28(17(2)24(30)31)23(29)15-26(13-8-14-26)27-25(32)33-16-22-20-11-6-4-9-18(20)19-10-5-7-12-21(19)22/h4-7,9-12,17,22H,3,8,13-16H2,1-2H3,(H,27,32)(H,30,31). The first-order chi connectivity index (χ1) is 15.8. The number of hydrogen-bond acceptors (Lipinski definition) is 4. The van der Waals surface area contributed by atoms with E-state index in [0.717, 1.165) is 28.7 Å². The molecule has 0 spiro atoms. The number of fused-ring (bicyclic) bond motifs is 3. The lowest BCUT2D eigenvalue weighted by atomic mass is 9.74. The number of likely N-dealkylation sites (N-methyl/N-ethyl adjacent to an activating group) is 1. The van der Waals surface area contributed by atoms with Gasteiger partial charge in [-0.05, 0) is 55.4 Å². The smallest absolute Gasteiger partial charge is 0.407 e. The number of hydrogen-bond donors (Lipinski definition) is 2. The molecule has 7 heteroatoms. The molecule has 174 valence electrons. The summed E-state index contributed by atoms with van der Waals surface area (Å²) >= 11 is 0. The van der Waals surface area contributed by atoms with Crippen molar-refractivity contribution in [1.29, 1.82) is 0 Å². The Balaban J connectivity index is 1.40. The van der Waals surface area contributed by atoms with Gasteiger partial charge in [0.15, 0.2) is 0 Å². The zero-order valence-corrected chi connectivity index (χ0v) is 19.0. The van der Waals surface area contributed by atoms with Crippen LogP contribution in [0.4, 0.5) is 4.79 Å². The third-order valence-corrected chi connectivity index (χ3v) is 7.00. The average molecular weight is 451 g/mol. The van der Waals surface area contributed by atoms with Crippen LogP contribution < -0.4 is 5.32 Å². The Morgan fingerprint density at radius 2 is 1.67 bits per heavy atom. The number of carbonyl (C=O) groups is 3. The van der Waals surface area contributed by atoms with E-state index < -0.39 is 23.6 Å². The summed E-state index contributed by atoms with van der Waals surface area (Å²) in [6.45, 7) is 3.76. The first-order valence-electron chi connectivity index (χ1n) is 11.5. The Bertz CT molecular complexity index is 1020. The summed E-state index contributed by atoms with van der Waals surface area (Å²) in [7, 11) is 0. The number of carbonyl (C=O) groups excluding carboxylic acids is 2. The van der Waals surface area contributed by atoms with Gasteiger partial charge in [0.2, 0.25) is 5.91 Å². The molecule has 33 heavy (non-hydrogen) atoms. The van der Waals surface area contributed by atoms with E-state index in [2.05, 4.69) is 29.6 Å². The fourth-order valence-corrected chi connectivity index (χ4v) is 4.99. The monoisotopic (exact) mass is 450 g/mol. The van der Waals surface area contributed by atoms with Crippen molar-refractivity contribution >= 4 is 18.0 Å². The Morgan fingerprint density at radius 1 is 1.09 bits per heavy atom. The Morgan fingerprint density at radius 3 is 2.15 bits per heavy atom. The van der Waals surface area contributed by atoms with Crippen LogP contribution in [0.15, 0.2) is 48.5 Å².